The van der Waals surface area contributed by atoms with Crippen LogP contribution in [0.1, 0.15) is 27.6 Å². The number of hydrogen-bond acceptors (Lipinski definition) is 5. The van der Waals surface area contributed by atoms with E-state index in [9.17, 15) is 4.79 Å². The molecule has 1 N–H and O–H groups in total. The van der Waals surface area contributed by atoms with E-state index in [1.54, 1.807) is 26.0 Å². The van der Waals surface area contributed by atoms with Gasteiger partial charge in [-0.25, -0.2) is 4.68 Å². The standard InChI is InChI=1S/C22H23N3O3S/c1-13-6-5-7-15(10-13)25-22-20(14(2)24-25)21(29-12-19(26)23-22)17-9-8-16(27-3)11-18(17)28-4/h5-11,21H,12H2,1-4H3,(H,23,26)/t21-/m1/s1. The van der Waals surface area contributed by atoms with Crippen molar-refractivity contribution < 1.29 is 14.3 Å². The lowest BCUT2D eigenvalue weighted by Gasteiger charge is -2.19. The maximum Gasteiger partial charge on any atom is 0.235 e. The number of carbonyl (C=O) groups excluding carboxylic acids is 1. The van der Waals surface area contributed by atoms with Gasteiger partial charge in [-0.05, 0) is 37.6 Å². The molecular formula is C22H23N3O3S. The van der Waals surface area contributed by atoms with Gasteiger partial charge in [-0.15, -0.1) is 11.8 Å². The quantitative estimate of drug-likeness (QED) is 0.697. The Balaban J connectivity index is 1.90. The number of hydrogen-bond donors (Lipinski definition) is 1. The van der Waals surface area contributed by atoms with Gasteiger partial charge in [0.15, 0.2) is 0 Å². The zero-order chi connectivity index (χ0) is 20.5. The minimum atomic E-state index is -0.0941. The van der Waals surface area contributed by atoms with Crippen LogP contribution in [-0.4, -0.2) is 35.7 Å². The number of rotatable bonds is 4. The second-order valence-corrected chi connectivity index (χ2v) is 8.04. The Bertz CT molecular complexity index is 1080. The molecule has 150 valence electrons. The zero-order valence-electron chi connectivity index (χ0n) is 16.9. The number of methoxy groups -OCH3 is 2. The SMILES string of the molecule is COc1ccc([C@H]2SCC(=O)Nc3c2c(C)nn3-c2cccc(C)c2)c(OC)c1. The van der Waals surface area contributed by atoms with E-state index < -0.39 is 0 Å². The van der Waals surface area contributed by atoms with Crippen molar-refractivity contribution in [2.75, 3.05) is 25.3 Å². The van der Waals surface area contributed by atoms with Gasteiger partial charge < -0.3 is 14.8 Å². The number of amides is 1. The maximum atomic E-state index is 12.5. The van der Waals surface area contributed by atoms with Crippen LogP contribution in [-0.2, 0) is 4.79 Å². The van der Waals surface area contributed by atoms with Crippen molar-refractivity contribution in [2.24, 2.45) is 0 Å². The summed E-state index contributed by atoms with van der Waals surface area (Å²) in [7, 11) is 3.28. The highest BCUT2D eigenvalue weighted by Crippen LogP contribution is 2.47. The van der Waals surface area contributed by atoms with Gasteiger partial charge in [-0.3, -0.25) is 4.79 Å². The predicted octanol–water partition coefficient (Wildman–Crippen LogP) is 4.28. The molecule has 0 aliphatic carbocycles. The van der Waals surface area contributed by atoms with Crippen molar-refractivity contribution in [3.05, 3.63) is 64.8 Å². The molecule has 0 saturated carbocycles. The number of nitrogens with one attached hydrogen (secondary N) is 1. The monoisotopic (exact) mass is 409 g/mol. The fourth-order valence-electron chi connectivity index (χ4n) is 3.61. The fourth-order valence-corrected chi connectivity index (χ4v) is 4.82. The number of carbonyl (C=O) groups is 1. The first-order chi connectivity index (χ1) is 14.0. The van der Waals surface area contributed by atoms with Gasteiger partial charge in [0.2, 0.25) is 5.91 Å². The first-order valence-electron chi connectivity index (χ1n) is 9.31. The second kappa shape index (κ2) is 7.83. The van der Waals surface area contributed by atoms with Crippen LogP contribution in [0.5, 0.6) is 11.5 Å². The molecule has 1 aliphatic rings. The predicted molar refractivity (Wildman–Crippen MR) is 116 cm³/mol. The van der Waals surface area contributed by atoms with E-state index in [1.807, 2.05) is 54.9 Å². The summed E-state index contributed by atoms with van der Waals surface area (Å²) >= 11 is 1.57. The van der Waals surface area contributed by atoms with E-state index in [0.29, 0.717) is 11.6 Å². The average molecular weight is 410 g/mol. The molecular weight excluding hydrogens is 386 g/mol. The second-order valence-electron chi connectivity index (χ2n) is 6.95. The molecule has 0 radical (unpaired) electrons. The lowest BCUT2D eigenvalue weighted by Crippen LogP contribution is -2.15. The Kier molecular flexibility index (Phi) is 5.24. The Hall–Kier alpha value is -2.93. The molecule has 3 aromatic rings. The van der Waals surface area contributed by atoms with Crippen molar-refractivity contribution in [1.29, 1.82) is 0 Å². The van der Waals surface area contributed by atoms with Crippen molar-refractivity contribution in [2.45, 2.75) is 19.1 Å². The van der Waals surface area contributed by atoms with Crippen LogP contribution in [0.2, 0.25) is 0 Å². The molecule has 1 amide bonds. The Morgan fingerprint density at radius 2 is 1.97 bits per heavy atom. The van der Waals surface area contributed by atoms with E-state index in [2.05, 4.69) is 11.4 Å². The molecule has 0 spiro atoms. The molecule has 4 rings (SSSR count). The van der Waals surface area contributed by atoms with Gasteiger partial charge >= 0.3 is 0 Å². The number of benzene rings is 2. The summed E-state index contributed by atoms with van der Waals surface area (Å²) in [4.78, 5) is 12.5. The lowest BCUT2D eigenvalue weighted by molar-refractivity contribution is -0.113. The summed E-state index contributed by atoms with van der Waals surface area (Å²) in [6.45, 7) is 4.02. The molecule has 0 bridgehead atoms. The number of ether oxygens (including phenoxy) is 2. The molecule has 0 unspecified atom stereocenters. The molecule has 1 aromatic heterocycles. The van der Waals surface area contributed by atoms with Gasteiger partial charge in [0.25, 0.3) is 0 Å². The Morgan fingerprint density at radius 3 is 2.69 bits per heavy atom. The van der Waals surface area contributed by atoms with Crippen LogP contribution in [0.25, 0.3) is 5.69 Å². The van der Waals surface area contributed by atoms with Crippen LogP contribution >= 0.6 is 11.8 Å². The van der Waals surface area contributed by atoms with Gasteiger partial charge in [0.05, 0.1) is 36.6 Å². The normalized spacial score (nSPS) is 16.0. The van der Waals surface area contributed by atoms with E-state index in [4.69, 9.17) is 14.6 Å². The highest BCUT2D eigenvalue weighted by molar-refractivity contribution is 8.00. The van der Waals surface area contributed by atoms with Gasteiger partial charge in [0, 0.05) is 17.2 Å². The summed E-state index contributed by atoms with van der Waals surface area (Å²) in [6, 6.07) is 13.9. The number of anilines is 1. The number of aromatic nitrogens is 2. The number of nitrogens with zero attached hydrogens (tertiary/aromatic N) is 2. The summed E-state index contributed by atoms with van der Waals surface area (Å²) < 4.78 is 12.8. The van der Waals surface area contributed by atoms with E-state index >= 15 is 0 Å². The lowest BCUT2D eigenvalue weighted by atomic mass is 10.0. The van der Waals surface area contributed by atoms with Gasteiger partial charge in [0.1, 0.15) is 17.3 Å². The van der Waals surface area contributed by atoms with E-state index in [-0.39, 0.29) is 11.2 Å². The molecule has 1 atom stereocenters. The molecule has 6 nitrogen and oxygen atoms in total. The summed E-state index contributed by atoms with van der Waals surface area (Å²) in [5, 5.41) is 7.74. The Morgan fingerprint density at radius 1 is 1.14 bits per heavy atom. The van der Waals surface area contributed by atoms with Gasteiger partial charge in [-0.2, -0.15) is 5.10 Å². The largest absolute Gasteiger partial charge is 0.497 e. The zero-order valence-corrected chi connectivity index (χ0v) is 17.7. The Labute approximate surface area is 174 Å². The third-order valence-corrected chi connectivity index (χ3v) is 6.23. The summed E-state index contributed by atoms with van der Waals surface area (Å²) in [6.07, 6.45) is 0. The molecule has 0 saturated heterocycles. The number of thioether (sulfide) groups is 1. The number of aryl methyl sites for hydroxylation is 2. The van der Waals surface area contributed by atoms with E-state index in [0.717, 1.165) is 39.6 Å². The third kappa shape index (κ3) is 3.58. The highest BCUT2D eigenvalue weighted by Gasteiger charge is 2.32. The third-order valence-electron chi connectivity index (χ3n) is 4.98. The minimum absolute atomic E-state index is 0.0416. The fraction of sp³-hybridized carbons (Fsp3) is 0.273. The van der Waals surface area contributed by atoms with Crippen molar-refractivity contribution in [1.82, 2.24) is 9.78 Å². The first-order valence-corrected chi connectivity index (χ1v) is 10.4. The smallest absolute Gasteiger partial charge is 0.235 e. The highest BCUT2D eigenvalue weighted by atomic mass is 32.2. The average Bonchev–Trinajstić information content (AvgIpc) is 2.93. The van der Waals surface area contributed by atoms with Crippen LogP contribution < -0.4 is 14.8 Å². The molecule has 1 aliphatic heterocycles. The van der Waals surface area contributed by atoms with Crippen LogP contribution in [0.15, 0.2) is 42.5 Å². The summed E-state index contributed by atoms with van der Waals surface area (Å²) in [5.74, 6) is 2.48. The van der Waals surface area contributed by atoms with Crippen molar-refractivity contribution >= 4 is 23.5 Å². The minimum Gasteiger partial charge on any atom is -0.497 e. The maximum absolute atomic E-state index is 12.5. The topological polar surface area (TPSA) is 65.4 Å². The van der Waals surface area contributed by atoms with Crippen molar-refractivity contribution in [3.63, 3.8) is 0 Å². The number of fused-ring (bicyclic) bond motifs is 1. The van der Waals surface area contributed by atoms with Crippen LogP contribution in [0.4, 0.5) is 5.82 Å². The molecule has 29 heavy (non-hydrogen) atoms. The van der Waals surface area contributed by atoms with Crippen molar-refractivity contribution in [3.8, 4) is 17.2 Å². The van der Waals surface area contributed by atoms with Crippen LogP contribution in [0, 0.1) is 13.8 Å². The molecule has 2 heterocycles. The first kappa shape index (κ1) is 19.4. The summed E-state index contributed by atoms with van der Waals surface area (Å²) in [5.41, 5.74) is 4.90. The van der Waals surface area contributed by atoms with E-state index in [1.165, 1.54) is 0 Å². The molecule has 2 aromatic carbocycles. The van der Waals surface area contributed by atoms with Gasteiger partial charge in [-0.1, -0.05) is 18.2 Å². The van der Waals surface area contributed by atoms with Crippen LogP contribution in [0.3, 0.4) is 0 Å². The molecule has 0 fully saturated rings. The molecule has 7 heteroatoms.